The molecule has 1 aromatic heterocycles. The number of ketones is 1. The van der Waals surface area contributed by atoms with E-state index < -0.39 is 0 Å². The first-order valence-corrected chi connectivity index (χ1v) is 8.12. The van der Waals surface area contributed by atoms with E-state index >= 15 is 0 Å². The Kier molecular flexibility index (Phi) is 3.72. The van der Waals surface area contributed by atoms with Gasteiger partial charge in [0.15, 0.2) is 5.78 Å². The number of thiophene rings is 1. The Bertz CT molecular complexity index is 789. The molecule has 0 aliphatic heterocycles. The van der Waals surface area contributed by atoms with Crippen molar-refractivity contribution in [2.45, 2.75) is 13.3 Å². The lowest BCUT2D eigenvalue weighted by Gasteiger charge is -2.06. The molecule has 100 valence electrons. The lowest BCUT2D eigenvalue weighted by Crippen LogP contribution is -1.90. The molecule has 1 heterocycles. The van der Waals surface area contributed by atoms with Crippen LogP contribution in [0.2, 0.25) is 0 Å². The summed E-state index contributed by atoms with van der Waals surface area (Å²) in [5.74, 6) is 0.211. The van der Waals surface area contributed by atoms with Crippen LogP contribution in [0.3, 0.4) is 0 Å². The number of rotatable bonds is 3. The van der Waals surface area contributed by atoms with E-state index in [2.05, 4.69) is 40.2 Å². The third-order valence-electron chi connectivity index (χ3n) is 3.34. The quantitative estimate of drug-likeness (QED) is 0.538. The fourth-order valence-electron chi connectivity index (χ4n) is 2.28. The number of hydrogen-bond donors (Lipinski definition) is 0. The first-order valence-electron chi connectivity index (χ1n) is 6.51. The first-order chi connectivity index (χ1) is 9.70. The molecule has 3 heteroatoms. The van der Waals surface area contributed by atoms with Gasteiger partial charge < -0.3 is 0 Å². The van der Waals surface area contributed by atoms with Gasteiger partial charge in [-0.05, 0) is 34.5 Å². The highest BCUT2D eigenvalue weighted by atomic mass is 79.9. The Morgan fingerprint density at radius 3 is 2.55 bits per heavy atom. The molecule has 0 bridgehead atoms. The number of Topliss-reactive ketones (excluding diaryl/α,β-unsaturated/α-hetero) is 1. The Hall–Kier alpha value is -1.45. The van der Waals surface area contributed by atoms with Crippen molar-refractivity contribution in [3.8, 4) is 10.4 Å². The molecule has 0 amide bonds. The van der Waals surface area contributed by atoms with Crippen LogP contribution in [-0.2, 0) is 0 Å². The Morgan fingerprint density at radius 1 is 1.05 bits per heavy atom. The minimum Gasteiger partial charge on any atom is -0.293 e. The van der Waals surface area contributed by atoms with Crippen LogP contribution in [-0.4, -0.2) is 5.78 Å². The molecule has 2 aromatic carbocycles. The molecule has 0 spiro atoms. The van der Waals surface area contributed by atoms with E-state index in [0.29, 0.717) is 6.42 Å². The van der Waals surface area contributed by atoms with Crippen LogP contribution in [0.5, 0.6) is 0 Å². The van der Waals surface area contributed by atoms with Crippen LogP contribution < -0.4 is 0 Å². The van der Waals surface area contributed by atoms with Gasteiger partial charge >= 0.3 is 0 Å². The van der Waals surface area contributed by atoms with Crippen LogP contribution in [0.15, 0.2) is 53.0 Å². The largest absolute Gasteiger partial charge is 0.293 e. The molecule has 0 saturated carbocycles. The zero-order valence-corrected chi connectivity index (χ0v) is 13.4. The van der Waals surface area contributed by atoms with Gasteiger partial charge in [-0.25, -0.2) is 0 Å². The molecule has 0 unspecified atom stereocenters. The van der Waals surface area contributed by atoms with E-state index in [1.165, 1.54) is 16.3 Å². The smallest absolute Gasteiger partial charge is 0.172 e. The van der Waals surface area contributed by atoms with Gasteiger partial charge in [-0.3, -0.25) is 4.79 Å². The maximum absolute atomic E-state index is 11.8. The van der Waals surface area contributed by atoms with Crippen LogP contribution in [0, 0.1) is 0 Å². The summed E-state index contributed by atoms with van der Waals surface area (Å²) in [5.41, 5.74) is 1.18. The summed E-state index contributed by atoms with van der Waals surface area (Å²) in [7, 11) is 0. The Balaban J connectivity index is 2.17. The summed E-state index contributed by atoms with van der Waals surface area (Å²) in [6.45, 7) is 1.90. The summed E-state index contributed by atoms with van der Waals surface area (Å²) in [4.78, 5) is 13.8. The molecular formula is C17H13BrOS. The van der Waals surface area contributed by atoms with Gasteiger partial charge in [0.25, 0.3) is 0 Å². The zero-order chi connectivity index (χ0) is 14.1. The number of carbonyl (C=O) groups excluding carboxylic acids is 1. The van der Waals surface area contributed by atoms with Gasteiger partial charge in [0.1, 0.15) is 0 Å². The third-order valence-corrected chi connectivity index (χ3v) is 5.19. The molecule has 1 nitrogen and oxygen atoms in total. The minimum absolute atomic E-state index is 0.211. The topological polar surface area (TPSA) is 17.1 Å². The lowest BCUT2D eigenvalue weighted by atomic mass is 10.0. The SMILES string of the molecule is CCC(=O)c1ccc(-c2ccc(Br)c3ccccc23)s1. The second kappa shape index (κ2) is 5.51. The van der Waals surface area contributed by atoms with E-state index in [1.54, 1.807) is 11.3 Å². The molecule has 0 aliphatic rings. The van der Waals surface area contributed by atoms with Gasteiger partial charge in [-0.15, -0.1) is 11.3 Å². The van der Waals surface area contributed by atoms with Crippen molar-refractivity contribution in [1.82, 2.24) is 0 Å². The number of fused-ring (bicyclic) bond motifs is 1. The summed E-state index contributed by atoms with van der Waals surface area (Å²) >= 11 is 5.17. The van der Waals surface area contributed by atoms with Gasteiger partial charge in [0.05, 0.1) is 4.88 Å². The van der Waals surface area contributed by atoms with Crippen molar-refractivity contribution in [3.63, 3.8) is 0 Å². The van der Waals surface area contributed by atoms with E-state index in [1.807, 2.05) is 31.2 Å². The molecule has 0 aliphatic carbocycles. The van der Waals surface area contributed by atoms with Gasteiger partial charge in [-0.1, -0.05) is 53.2 Å². The van der Waals surface area contributed by atoms with Crippen molar-refractivity contribution in [1.29, 1.82) is 0 Å². The molecule has 0 N–H and O–H groups in total. The molecule has 0 radical (unpaired) electrons. The molecular weight excluding hydrogens is 332 g/mol. The molecule has 20 heavy (non-hydrogen) atoms. The molecule has 3 aromatic rings. The first kappa shape index (κ1) is 13.5. The van der Waals surface area contributed by atoms with E-state index in [4.69, 9.17) is 0 Å². The fraction of sp³-hybridized carbons (Fsp3) is 0.118. The highest BCUT2D eigenvalue weighted by Crippen LogP contribution is 2.36. The fourth-order valence-corrected chi connectivity index (χ4v) is 3.82. The summed E-state index contributed by atoms with van der Waals surface area (Å²) in [6, 6.07) is 16.5. The lowest BCUT2D eigenvalue weighted by molar-refractivity contribution is 0.0992. The monoisotopic (exact) mass is 344 g/mol. The number of halogens is 1. The minimum atomic E-state index is 0.211. The average Bonchev–Trinajstić information content (AvgIpc) is 2.97. The number of benzene rings is 2. The average molecular weight is 345 g/mol. The second-order valence-electron chi connectivity index (χ2n) is 4.58. The van der Waals surface area contributed by atoms with Gasteiger partial charge in [0, 0.05) is 15.8 Å². The predicted octanol–water partition coefficient (Wildman–Crippen LogP) is 5.92. The van der Waals surface area contributed by atoms with Crippen molar-refractivity contribution < 1.29 is 4.79 Å². The molecule has 0 atom stereocenters. The predicted molar refractivity (Wildman–Crippen MR) is 89.6 cm³/mol. The van der Waals surface area contributed by atoms with E-state index in [-0.39, 0.29) is 5.78 Å². The van der Waals surface area contributed by atoms with Crippen molar-refractivity contribution >= 4 is 43.8 Å². The number of hydrogen-bond acceptors (Lipinski definition) is 2. The third kappa shape index (κ3) is 2.32. The van der Waals surface area contributed by atoms with Crippen molar-refractivity contribution in [2.24, 2.45) is 0 Å². The van der Waals surface area contributed by atoms with Crippen LogP contribution in [0.1, 0.15) is 23.0 Å². The standard InChI is InChI=1S/C17H13BrOS/c1-2-15(19)17-10-9-16(20-17)13-7-8-14(18)12-6-4-3-5-11(12)13/h3-10H,2H2,1H3. The molecule has 0 saturated heterocycles. The highest BCUT2D eigenvalue weighted by Gasteiger charge is 2.11. The van der Waals surface area contributed by atoms with E-state index in [9.17, 15) is 4.79 Å². The van der Waals surface area contributed by atoms with Crippen LogP contribution in [0.4, 0.5) is 0 Å². The second-order valence-corrected chi connectivity index (χ2v) is 6.52. The number of carbonyl (C=O) groups is 1. The molecule has 0 fully saturated rings. The van der Waals surface area contributed by atoms with Crippen molar-refractivity contribution in [3.05, 3.63) is 57.9 Å². The van der Waals surface area contributed by atoms with Crippen LogP contribution in [0.25, 0.3) is 21.2 Å². The van der Waals surface area contributed by atoms with Gasteiger partial charge in [0.2, 0.25) is 0 Å². The maximum Gasteiger partial charge on any atom is 0.172 e. The Labute approximate surface area is 130 Å². The van der Waals surface area contributed by atoms with E-state index in [0.717, 1.165) is 14.2 Å². The van der Waals surface area contributed by atoms with Gasteiger partial charge in [-0.2, -0.15) is 0 Å². The summed E-state index contributed by atoms with van der Waals surface area (Å²) < 4.78 is 1.10. The molecule has 3 rings (SSSR count). The summed E-state index contributed by atoms with van der Waals surface area (Å²) in [6.07, 6.45) is 0.557. The Morgan fingerprint density at radius 2 is 1.80 bits per heavy atom. The highest BCUT2D eigenvalue weighted by molar-refractivity contribution is 9.10. The maximum atomic E-state index is 11.8. The van der Waals surface area contributed by atoms with Crippen LogP contribution >= 0.6 is 27.3 Å². The summed E-state index contributed by atoms with van der Waals surface area (Å²) in [5, 5.41) is 2.40. The normalized spacial score (nSPS) is 10.9. The van der Waals surface area contributed by atoms with Crippen molar-refractivity contribution in [2.75, 3.05) is 0 Å². The zero-order valence-electron chi connectivity index (χ0n) is 11.0.